The predicted octanol–water partition coefficient (Wildman–Crippen LogP) is 6.48. The van der Waals surface area contributed by atoms with Gasteiger partial charge in [-0.1, -0.05) is 63.0 Å². The van der Waals surface area contributed by atoms with E-state index in [1.807, 2.05) is 26.8 Å². The van der Waals surface area contributed by atoms with Crippen LogP contribution in [0.2, 0.25) is 0 Å². The summed E-state index contributed by atoms with van der Waals surface area (Å²) in [5.41, 5.74) is 3.41. The van der Waals surface area contributed by atoms with Crippen molar-refractivity contribution in [3.8, 4) is 0 Å². The van der Waals surface area contributed by atoms with Gasteiger partial charge < -0.3 is 15.3 Å². The monoisotopic (exact) mass is 444 g/mol. The number of aliphatic hydroxyl groups excluding tert-OH is 2. The first-order chi connectivity index (χ1) is 15.0. The Kier molecular flexibility index (Phi) is 8.50. The third-order valence-corrected chi connectivity index (χ3v) is 8.83. The Balaban J connectivity index is 1.67. The largest absolute Gasteiger partial charge is 0.390 e. The van der Waals surface area contributed by atoms with Crippen molar-refractivity contribution in [2.75, 3.05) is 0 Å². The van der Waals surface area contributed by atoms with E-state index < -0.39 is 17.8 Å². The summed E-state index contributed by atoms with van der Waals surface area (Å²) in [6, 6.07) is 0. The molecule has 3 rings (SSSR count). The summed E-state index contributed by atoms with van der Waals surface area (Å²) in [5.74, 6) is 2.15. The van der Waals surface area contributed by atoms with E-state index >= 15 is 0 Å². The Hall–Kier alpha value is -0.900. The molecule has 0 aromatic rings. The molecule has 0 bridgehead atoms. The van der Waals surface area contributed by atoms with Crippen LogP contribution in [0.1, 0.15) is 105 Å². The molecule has 0 aromatic carbocycles. The first-order valence-electron chi connectivity index (χ1n) is 13.2. The molecule has 0 saturated heterocycles. The fourth-order valence-electron chi connectivity index (χ4n) is 7.18. The number of hydrogen-bond donors (Lipinski definition) is 3. The summed E-state index contributed by atoms with van der Waals surface area (Å²) < 4.78 is 0. The van der Waals surface area contributed by atoms with Gasteiger partial charge >= 0.3 is 0 Å². The molecule has 3 heteroatoms. The summed E-state index contributed by atoms with van der Waals surface area (Å²) in [4.78, 5) is 0. The minimum absolute atomic E-state index is 0.388. The van der Waals surface area contributed by atoms with Crippen molar-refractivity contribution in [3.63, 3.8) is 0 Å². The van der Waals surface area contributed by atoms with E-state index in [2.05, 4.69) is 26.0 Å². The van der Waals surface area contributed by atoms with Gasteiger partial charge in [0, 0.05) is 0 Å². The predicted molar refractivity (Wildman–Crippen MR) is 133 cm³/mol. The Labute approximate surface area is 196 Å². The molecular weight excluding hydrogens is 396 g/mol. The molecule has 3 fully saturated rings. The molecular formula is C29H48O3. The second-order valence-corrected chi connectivity index (χ2v) is 11.9. The highest BCUT2D eigenvalue weighted by Crippen LogP contribution is 2.60. The fraction of sp³-hybridized carbons (Fsp3) is 0.793. The molecule has 6 atom stereocenters. The Bertz CT molecular complexity index is 709. The summed E-state index contributed by atoms with van der Waals surface area (Å²) in [7, 11) is 0. The molecule has 182 valence electrons. The second kappa shape index (κ2) is 10.6. The number of aliphatic hydroxyl groups is 3. The molecule has 3 saturated carbocycles. The van der Waals surface area contributed by atoms with Crippen LogP contribution in [0.5, 0.6) is 0 Å². The van der Waals surface area contributed by atoms with Gasteiger partial charge in [-0.05, 0) is 100 Å². The molecule has 0 radical (unpaired) electrons. The number of hydrogen-bond acceptors (Lipinski definition) is 3. The van der Waals surface area contributed by atoms with E-state index in [4.69, 9.17) is 0 Å². The smallest absolute Gasteiger partial charge is 0.0812 e. The van der Waals surface area contributed by atoms with Crippen molar-refractivity contribution in [1.29, 1.82) is 0 Å². The molecule has 2 unspecified atom stereocenters. The van der Waals surface area contributed by atoms with Crippen LogP contribution in [0.25, 0.3) is 0 Å². The van der Waals surface area contributed by atoms with Crippen LogP contribution < -0.4 is 0 Å². The minimum atomic E-state index is -0.552. The van der Waals surface area contributed by atoms with E-state index in [0.717, 1.165) is 30.8 Å². The summed E-state index contributed by atoms with van der Waals surface area (Å²) in [6.07, 6.45) is 17.2. The van der Waals surface area contributed by atoms with Crippen molar-refractivity contribution < 1.29 is 15.3 Å². The maximum absolute atomic E-state index is 10.5. The zero-order valence-electron chi connectivity index (χ0n) is 21.2. The zero-order valence-corrected chi connectivity index (χ0v) is 21.2. The highest BCUT2D eigenvalue weighted by molar-refractivity contribution is 5.30. The van der Waals surface area contributed by atoms with Crippen LogP contribution >= 0.6 is 0 Å². The normalized spacial score (nSPS) is 35.7. The van der Waals surface area contributed by atoms with Crippen LogP contribution in [0, 0.1) is 23.2 Å². The SMILES string of the molecule is CCC=C1[C@H](O)CC(=C/C=C2\CCC[C@@]3(C)C2CCC3[C@H](C)CCCC(C)(C)O)C[C@H]1O. The molecule has 32 heavy (non-hydrogen) atoms. The summed E-state index contributed by atoms with van der Waals surface area (Å²) in [6.45, 7) is 10.9. The number of rotatable bonds is 7. The average Bonchev–Trinajstić information content (AvgIpc) is 3.05. The lowest BCUT2D eigenvalue weighted by Crippen LogP contribution is -2.36. The van der Waals surface area contributed by atoms with Gasteiger partial charge in [0.25, 0.3) is 0 Å². The third kappa shape index (κ3) is 5.96. The Morgan fingerprint density at radius 1 is 1.12 bits per heavy atom. The van der Waals surface area contributed by atoms with Crippen LogP contribution in [0.4, 0.5) is 0 Å². The Morgan fingerprint density at radius 3 is 2.44 bits per heavy atom. The second-order valence-electron chi connectivity index (χ2n) is 11.9. The summed E-state index contributed by atoms with van der Waals surface area (Å²) >= 11 is 0. The average molecular weight is 445 g/mol. The zero-order chi connectivity index (χ0) is 23.5. The van der Waals surface area contributed by atoms with Gasteiger partial charge in [0.2, 0.25) is 0 Å². The van der Waals surface area contributed by atoms with E-state index in [9.17, 15) is 15.3 Å². The fourth-order valence-corrected chi connectivity index (χ4v) is 7.18. The van der Waals surface area contributed by atoms with Gasteiger partial charge in [0.1, 0.15) is 0 Å². The van der Waals surface area contributed by atoms with Crippen molar-refractivity contribution in [1.82, 2.24) is 0 Å². The topological polar surface area (TPSA) is 60.7 Å². The van der Waals surface area contributed by atoms with Gasteiger partial charge in [-0.15, -0.1) is 0 Å². The van der Waals surface area contributed by atoms with Crippen LogP contribution in [0.15, 0.2) is 34.9 Å². The molecule has 3 aliphatic carbocycles. The quantitative estimate of drug-likeness (QED) is 0.394. The van der Waals surface area contributed by atoms with Crippen molar-refractivity contribution >= 4 is 0 Å². The van der Waals surface area contributed by atoms with Gasteiger partial charge in [0.05, 0.1) is 17.8 Å². The minimum Gasteiger partial charge on any atom is -0.390 e. The lowest BCUT2D eigenvalue weighted by atomic mass is 9.60. The van der Waals surface area contributed by atoms with Gasteiger partial charge in [-0.3, -0.25) is 0 Å². The van der Waals surface area contributed by atoms with Gasteiger partial charge in [-0.2, -0.15) is 0 Å². The molecule has 0 amide bonds. The Morgan fingerprint density at radius 2 is 1.81 bits per heavy atom. The number of fused-ring (bicyclic) bond motifs is 1. The first-order valence-corrected chi connectivity index (χ1v) is 13.2. The van der Waals surface area contributed by atoms with Crippen LogP contribution in [0.3, 0.4) is 0 Å². The maximum Gasteiger partial charge on any atom is 0.0812 e. The molecule has 3 nitrogen and oxygen atoms in total. The van der Waals surface area contributed by atoms with E-state index in [-0.39, 0.29) is 0 Å². The molecule has 3 aliphatic rings. The van der Waals surface area contributed by atoms with E-state index in [1.165, 1.54) is 44.1 Å². The third-order valence-electron chi connectivity index (χ3n) is 8.83. The number of allylic oxidation sites excluding steroid dienone is 4. The van der Waals surface area contributed by atoms with E-state index in [0.29, 0.717) is 30.1 Å². The van der Waals surface area contributed by atoms with E-state index in [1.54, 1.807) is 5.57 Å². The van der Waals surface area contributed by atoms with Crippen molar-refractivity contribution in [2.45, 2.75) is 123 Å². The van der Waals surface area contributed by atoms with Gasteiger partial charge in [-0.25, -0.2) is 0 Å². The summed E-state index contributed by atoms with van der Waals surface area (Å²) in [5, 5.41) is 31.0. The molecule has 0 heterocycles. The van der Waals surface area contributed by atoms with Crippen LogP contribution in [-0.4, -0.2) is 33.1 Å². The molecule has 3 N–H and O–H groups in total. The molecule has 0 spiro atoms. The molecule has 0 aromatic heterocycles. The van der Waals surface area contributed by atoms with Crippen LogP contribution in [-0.2, 0) is 0 Å². The van der Waals surface area contributed by atoms with Crippen molar-refractivity contribution in [3.05, 3.63) is 34.9 Å². The first kappa shape index (κ1) is 25.7. The standard InChI is InChI=1S/C29H48O3/c1-6-9-23-26(30)18-21(19-27(23)31)12-13-22-11-8-17-29(5)24(14-15-25(22)29)20(2)10-7-16-28(3,4)32/h9,12-13,20,24-27,30-32H,6-8,10-11,14-19H2,1-5H3/b21-12?,22-13+,23-9?/t20-,24?,25?,26-,27-,29-/m1/s1. The van der Waals surface area contributed by atoms with Gasteiger partial charge in [0.15, 0.2) is 0 Å². The lowest BCUT2D eigenvalue weighted by Gasteiger charge is -2.44. The van der Waals surface area contributed by atoms with Crippen molar-refractivity contribution in [2.24, 2.45) is 23.2 Å². The highest BCUT2D eigenvalue weighted by Gasteiger charge is 2.50. The highest BCUT2D eigenvalue weighted by atomic mass is 16.3. The lowest BCUT2D eigenvalue weighted by molar-refractivity contribution is 0.0596. The maximum atomic E-state index is 10.5. The molecule has 0 aliphatic heterocycles.